The summed E-state index contributed by atoms with van der Waals surface area (Å²) in [5, 5.41) is 13.2. The number of benzene rings is 2. The molecule has 1 atom stereocenters. The monoisotopic (exact) mass is 454 g/mol. The van der Waals surface area contributed by atoms with E-state index in [9.17, 15) is 9.59 Å². The Kier molecular flexibility index (Phi) is 6.56. The Morgan fingerprint density at radius 3 is 3.00 bits per heavy atom. The van der Waals surface area contributed by atoms with Crippen molar-refractivity contribution in [3.63, 3.8) is 0 Å². The van der Waals surface area contributed by atoms with Crippen molar-refractivity contribution in [2.45, 2.75) is 30.6 Å². The van der Waals surface area contributed by atoms with E-state index in [1.165, 1.54) is 11.8 Å². The molecule has 7 nitrogen and oxygen atoms in total. The molecular formula is C22H19ClN4O3S. The molecule has 31 heavy (non-hydrogen) atoms. The molecular weight excluding hydrogens is 436 g/mol. The number of aromatic nitrogens is 2. The first kappa shape index (κ1) is 21.4. The van der Waals surface area contributed by atoms with Gasteiger partial charge in [-0.15, -0.1) is 0 Å². The van der Waals surface area contributed by atoms with Gasteiger partial charge in [0.15, 0.2) is 5.16 Å². The van der Waals surface area contributed by atoms with E-state index < -0.39 is 0 Å². The number of nitrogens with zero attached hydrogens (tertiary/aromatic N) is 3. The summed E-state index contributed by atoms with van der Waals surface area (Å²) >= 11 is 7.26. The number of amides is 1. The molecule has 1 aromatic heterocycles. The number of ether oxygens (including phenoxy) is 1. The number of hydrogen-bond donors (Lipinski definition) is 1. The maximum Gasteiger partial charge on any atom is 0.262 e. The van der Waals surface area contributed by atoms with E-state index in [2.05, 4.69) is 10.3 Å². The molecule has 1 amide bonds. The average Bonchev–Trinajstić information content (AvgIpc) is 3.28. The highest BCUT2D eigenvalue weighted by molar-refractivity contribution is 7.99. The molecule has 2 aromatic carbocycles. The quantitative estimate of drug-likeness (QED) is 0.449. The predicted octanol–water partition coefficient (Wildman–Crippen LogP) is 3.83. The van der Waals surface area contributed by atoms with Crippen molar-refractivity contribution < 1.29 is 9.53 Å². The van der Waals surface area contributed by atoms with Gasteiger partial charge in [0.05, 0.1) is 40.9 Å². The minimum Gasteiger partial charge on any atom is -0.376 e. The largest absolute Gasteiger partial charge is 0.376 e. The number of carbonyl (C=O) groups is 1. The van der Waals surface area contributed by atoms with E-state index in [0.717, 1.165) is 12.8 Å². The van der Waals surface area contributed by atoms with Crippen LogP contribution in [0.5, 0.6) is 0 Å². The highest BCUT2D eigenvalue weighted by Crippen LogP contribution is 2.23. The van der Waals surface area contributed by atoms with Gasteiger partial charge in [-0.05, 0) is 49.2 Å². The Hall–Kier alpha value is -2.86. The molecule has 1 aliphatic heterocycles. The van der Waals surface area contributed by atoms with Crippen LogP contribution < -0.4 is 10.9 Å². The lowest BCUT2D eigenvalue weighted by molar-refractivity contribution is -0.113. The molecule has 9 heteroatoms. The Labute approximate surface area is 188 Å². The summed E-state index contributed by atoms with van der Waals surface area (Å²) < 4.78 is 7.28. The SMILES string of the molecule is N#Cc1cccc(NC(=O)CSc2nc3cc(Cl)ccc3c(=O)n2CC2CCCO2)c1. The smallest absolute Gasteiger partial charge is 0.262 e. The summed E-state index contributed by atoms with van der Waals surface area (Å²) in [6.45, 7) is 1.07. The van der Waals surface area contributed by atoms with Gasteiger partial charge in [-0.1, -0.05) is 29.4 Å². The van der Waals surface area contributed by atoms with E-state index in [4.69, 9.17) is 21.6 Å². The maximum atomic E-state index is 13.1. The molecule has 3 aromatic rings. The number of thioether (sulfide) groups is 1. The lowest BCUT2D eigenvalue weighted by Crippen LogP contribution is -2.29. The van der Waals surface area contributed by atoms with Crippen LogP contribution in [0.1, 0.15) is 18.4 Å². The van der Waals surface area contributed by atoms with Gasteiger partial charge in [-0.3, -0.25) is 14.2 Å². The topological polar surface area (TPSA) is 97.0 Å². The number of carbonyl (C=O) groups excluding carboxylic acids is 1. The average molecular weight is 455 g/mol. The van der Waals surface area contributed by atoms with Crippen LogP contribution in [0.25, 0.3) is 10.9 Å². The molecule has 1 unspecified atom stereocenters. The van der Waals surface area contributed by atoms with Crippen molar-refractivity contribution in [1.29, 1.82) is 5.26 Å². The zero-order chi connectivity index (χ0) is 21.8. The number of hydrogen-bond acceptors (Lipinski definition) is 6. The highest BCUT2D eigenvalue weighted by atomic mass is 35.5. The third kappa shape index (κ3) is 5.07. The number of nitrogens with one attached hydrogen (secondary N) is 1. The number of anilines is 1. The fourth-order valence-electron chi connectivity index (χ4n) is 3.43. The van der Waals surface area contributed by atoms with E-state index in [1.807, 2.05) is 6.07 Å². The summed E-state index contributed by atoms with van der Waals surface area (Å²) in [7, 11) is 0. The van der Waals surface area contributed by atoms with Crippen molar-refractivity contribution in [2.75, 3.05) is 17.7 Å². The van der Waals surface area contributed by atoms with Crippen molar-refractivity contribution in [2.24, 2.45) is 0 Å². The Morgan fingerprint density at radius 2 is 2.23 bits per heavy atom. The fraction of sp³-hybridized carbons (Fsp3) is 0.273. The molecule has 0 spiro atoms. The van der Waals surface area contributed by atoms with Crippen LogP contribution in [-0.2, 0) is 16.1 Å². The third-order valence-corrected chi connectivity index (χ3v) is 6.11. The summed E-state index contributed by atoms with van der Waals surface area (Å²) in [4.78, 5) is 30.2. The lowest BCUT2D eigenvalue weighted by atomic mass is 10.2. The summed E-state index contributed by atoms with van der Waals surface area (Å²) in [6, 6.07) is 13.7. The summed E-state index contributed by atoms with van der Waals surface area (Å²) in [5.41, 5.74) is 1.32. The molecule has 1 saturated heterocycles. The lowest BCUT2D eigenvalue weighted by Gasteiger charge is -2.16. The first-order valence-electron chi connectivity index (χ1n) is 9.78. The van der Waals surface area contributed by atoms with Gasteiger partial charge in [0, 0.05) is 17.3 Å². The summed E-state index contributed by atoms with van der Waals surface area (Å²) in [5.74, 6) is -0.204. The first-order valence-corrected chi connectivity index (χ1v) is 11.1. The highest BCUT2D eigenvalue weighted by Gasteiger charge is 2.21. The zero-order valence-electron chi connectivity index (χ0n) is 16.5. The second-order valence-corrected chi connectivity index (χ2v) is 8.52. The van der Waals surface area contributed by atoms with Gasteiger partial charge in [0.25, 0.3) is 5.56 Å². The molecule has 0 radical (unpaired) electrons. The van der Waals surface area contributed by atoms with E-state index in [0.29, 0.717) is 45.5 Å². The van der Waals surface area contributed by atoms with Gasteiger partial charge in [-0.25, -0.2) is 4.98 Å². The normalized spacial score (nSPS) is 15.7. The molecule has 158 valence electrons. The van der Waals surface area contributed by atoms with E-state index >= 15 is 0 Å². The molecule has 1 N–H and O–H groups in total. The minimum atomic E-state index is -0.260. The number of rotatable bonds is 6. The second-order valence-electron chi connectivity index (χ2n) is 7.14. The Bertz CT molecular complexity index is 1230. The number of nitriles is 1. The van der Waals surface area contributed by atoms with Crippen molar-refractivity contribution in [3.05, 3.63) is 63.4 Å². The van der Waals surface area contributed by atoms with Gasteiger partial charge in [0.1, 0.15) is 0 Å². The number of halogens is 1. The third-order valence-electron chi connectivity index (χ3n) is 4.90. The Morgan fingerprint density at radius 1 is 1.35 bits per heavy atom. The molecule has 1 aliphatic rings. The fourth-order valence-corrected chi connectivity index (χ4v) is 4.41. The molecule has 2 heterocycles. The zero-order valence-corrected chi connectivity index (χ0v) is 18.1. The molecule has 0 bridgehead atoms. The van der Waals surface area contributed by atoms with Gasteiger partial charge >= 0.3 is 0 Å². The molecule has 1 fully saturated rings. The van der Waals surface area contributed by atoms with E-state index in [1.54, 1.807) is 47.0 Å². The van der Waals surface area contributed by atoms with Crippen molar-refractivity contribution in [3.8, 4) is 6.07 Å². The molecule has 0 saturated carbocycles. The van der Waals surface area contributed by atoms with E-state index in [-0.39, 0.29) is 23.3 Å². The van der Waals surface area contributed by atoms with Crippen LogP contribution in [0, 0.1) is 11.3 Å². The second kappa shape index (κ2) is 9.52. The summed E-state index contributed by atoms with van der Waals surface area (Å²) in [6.07, 6.45) is 1.79. The number of fused-ring (bicyclic) bond motifs is 1. The van der Waals surface area contributed by atoms with Crippen LogP contribution in [0.3, 0.4) is 0 Å². The maximum absolute atomic E-state index is 13.1. The molecule has 4 rings (SSSR count). The molecule has 0 aliphatic carbocycles. The van der Waals surface area contributed by atoms with Crippen molar-refractivity contribution >= 4 is 45.9 Å². The predicted molar refractivity (Wildman–Crippen MR) is 120 cm³/mol. The van der Waals surface area contributed by atoms with Crippen molar-refractivity contribution in [1.82, 2.24) is 9.55 Å². The van der Waals surface area contributed by atoms with Gasteiger partial charge in [0.2, 0.25) is 5.91 Å². The van der Waals surface area contributed by atoms with Crippen LogP contribution in [0.15, 0.2) is 52.4 Å². The standard InChI is InChI=1S/C22H19ClN4O3S/c23-15-6-7-18-19(10-15)26-22(27(21(18)29)12-17-5-2-8-30-17)31-13-20(28)25-16-4-1-3-14(9-16)11-24/h1,3-4,6-7,9-10,17H,2,5,8,12-13H2,(H,25,28). The minimum absolute atomic E-state index is 0.0499. The van der Waals surface area contributed by atoms with Gasteiger partial charge in [-0.2, -0.15) is 5.26 Å². The first-order chi connectivity index (χ1) is 15.0. The Balaban J connectivity index is 1.58. The van der Waals surface area contributed by atoms with Crippen LogP contribution in [-0.4, -0.2) is 33.9 Å². The van der Waals surface area contributed by atoms with Crippen LogP contribution in [0.4, 0.5) is 5.69 Å². The van der Waals surface area contributed by atoms with Crippen LogP contribution >= 0.6 is 23.4 Å². The van der Waals surface area contributed by atoms with Crippen LogP contribution in [0.2, 0.25) is 5.02 Å². The van der Waals surface area contributed by atoms with Gasteiger partial charge < -0.3 is 10.1 Å².